The Labute approximate surface area is 154 Å². The van der Waals surface area contributed by atoms with Crippen molar-refractivity contribution in [3.63, 3.8) is 0 Å². The molecule has 0 bridgehead atoms. The molecule has 1 aromatic heterocycles. The van der Waals surface area contributed by atoms with E-state index in [0.717, 1.165) is 9.18 Å². The Morgan fingerprint density at radius 3 is 2.62 bits per heavy atom. The number of thiophene rings is 1. The topological polar surface area (TPSA) is 116 Å². The summed E-state index contributed by atoms with van der Waals surface area (Å²) in [6.45, 7) is -0.00295. The number of aliphatic hydroxyl groups is 1. The maximum atomic E-state index is 13.1. The summed E-state index contributed by atoms with van der Waals surface area (Å²) in [7, 11) is -2.63. The molecule has 8 nitrogen and oxygen atoms in total. The number of methoxy groups -OCH3 is 1. The number of benzene rings is 1. The summed E-state index contributed by atoms with van der Waals surface area (Å²) >= 11 is 1.38. The second kappa shape index (κ2) is 7.33. The number of hydrogen-bond acceptors (Lipinski definition) is 7. The maximum Gasteiger partial charge on any atom is 0.264 e. The second-order valence-electron chi connectivity index (χ2n) is 5.71. The highest BCUT2D eigenvalue weighted by atomic mass is 32.2. The van der Waals surface area contributed by atoms with E-state index in [4.69, 9.17) is 9.94 Å². The lowest BCUT2D eigenvalue weighted by molar-refractivity contribution is -0.136. The van der Waals surface area contributed by atoms with Crippen LogP contribution in [0.1, 0.15) is 16.5 Å². The first-order chi connectivity index (χ1) is 12.4. The molecular formula is C16H18N2O6S2. The molecule has 1 aliphatic heterocycles. The third-order valence-corrected chi connectivity index (χ3v) is 7.20. The molecule has 1 aliphatic rings. The van der Waals surface area contributed by atoms with Crippen molar-refractivity contribution in [2.75, 3.05) is 13.7 Å². The smallest absolute Gasteiger partial charge is 0.264 e. The summed E-state index contributed by atoms with van der Waals surface area (Å²) in [6, 6.07) is 5.91. The van der Waals surface area contributed by atoms with Crippen molar-refractivity contribution in [1.82, 2.24) is 9.79 Å². The Morgan fingerprint density at radius 2 is 2.00 bits per heavy atom. The molecule has 3 N–H and O–H groups in total. The van der Waals surface area contributed by atoms with E-state index in [1.165, 1.54) is 48.2 Å². The maximum absolute atomic E-state index is 13.1. The summed E-state index contributed by atoms with van der Waals surface area (Å²) in [5, 5.41) is 21.5. The molecule has 0 unspecified atom stereocenters. The SMILES string of the molecule is COc1ccc(S(=O)(=O)N2CCc3sccc3[C@H](O)[C@H]2C(=O)NO)cc1. The molecule has 2 atom stereocenters. The zero-order valence-electron chi connectivity index (χ0n) is 13.8. The molecule has 26 heavy (non-hydrogen) atoms. The van der Waals surface area contributed by atoms with Gasteiger partial charge < -0.3 is 9.84 Å². The van der Waals surface area contributed by atoms with Gasteiger partial charge in [0, 0.05) is 11.4 Å². The van der Waals surface area contributed by atoms with Crippen molar-refractivity contribution in [3.8, 4) is 5.75 Å². The number of carbonyl (C=O) groups excluding carboxylic acids is 1. The first-order valence-corrected chi connectivity index (χ1v) is 10.1. The predicted octanol–water partition coefficient (Wildman–Crippen LogP) is 0.911. The molecule has 1 amide bonds. The first kappa shape index (κ1) is 18.8. The minimum atomic E-state index is -4.09. The fourth-order valence-corrected chi connectivity index (χ4v) is 5.49. The highest BCUT2D eigenvalue weighted by Gasteiger charge is 2.43. The summed E-state index contributed by atoms with van der Waals surface area (Å²) in [4.78, 5) is 13.0. The summed E-state index contributed by atoms with van der Waals surface area (Å²) in [5.41, 5.74) is 1.96. The van der Waals surface area contributed by atoms with E-state index in [1.807, 2.05) is 0 Å². The van der Waals surface area contributed by atoms with Gasteiger partial charge in [-0.1, -0.05) is 0 Å². The number of ether oxygens (including phenoxy) is 1. The standard InChI is InChI=1S/C16H18N2O6S2/c1-24-10-2-4-11(5-3-10)26(22,23)18-8-6-13-12(7-9-25-13)15(19)14(18)16(20)17-21/h2-5,7,9,14-15,19,21H,6,8H2,1H3,(H,17,20)/t14-,15-/m0/s1. The Morgan fingerprint density at radius 1 is 1.31 bits per heavy atom. The van der Waals surface area contributed by atoms with Crippen LogP contribution in [0.5, 0.6) is 5.75 Å². The van der Waals surface area contributed by atoms with E-state index in [0.29, 0.717) is 17.7 Å². The molecule has 0 spiro atoms. The predicted molar refractivity (Wildman–Crippen MR) is 93.6 cm³/mol. The van der Waals surface area contributed by atoms with E-state index in [2.05, 4.69) is 0 Å². The number of nitrogens with one attached hydrogen (secondary N) is 1. The molecule has 0 radical (unpaired) electrons. The Balaban J connectivity index is 2.05. The quantitative estimate of drug-likeness (QED) is 0.521. The lowest BCUT2D eigenvalue weighted by Crippen LogP contribution is -2.51. The number of fused-ring (bicyclic) bond motifs is 1. The normalized spacial score (nSPS) is 20.9. The molecule has 2 aromatic rings. The number of carbonyl (C=O) groups is 1. The molecular weight excluding hydrogens is 380 g/mol. The monoisotopic (exact) mass is 398 g/mol. The van der Waals surface area contributed by atoms with Gasteiger partial charge in [0.15, 0.2) is 0 Å². The fraction of sp³-hybridized carbons (Fsp3) is 0.312. The minimum absolute atomic E-state index is 0.00295. The van der Waals surface area contributed by atoms with Crippen LogP contribution >= 0.6 is 11.3 Å². The molecule has 0 aliphatic carbocycles. The minimum Gasteiger partial charge on any atom is -0.497 e. The molecule has 140 valence electrons. The van der Waals surface area contributed by atoms with E-state index >= 15 is 0 Å². The van der Waals surface area contributed by atoms with Gasteiger partial charge in [-0.15, -0.1) is 11.3 Å². The van der Waals surface area contributed by atoms with Crippen LogP contribution in [0.25, 0.3) is 0 Å². The number of nitrogens with zero attached hydrogens (tertiary/aromatic N) is 1. The highest BCUT2D eigenvalue weighted by molar-refractivity contribution is 7.89. The molecule has 10 heteroatoms. The van der Waals surface area contributed by atoms with Gasteiger partial charge in [0.25, 0.3) is 5.91 Å². The number of sulfonamides is 1. The van der Waals surface area contributed by atoms with E-state index in [-0.39, 0.29) is 11.4 Å². The van der Waals surface area contributed by atoms with Crippen molar-refractivity contribution in [1.29, 1.82) is 0 Å². The Bertz CT molecular complexity index is 894. The second-order valence-corrected chi connectivity index (χ2v) is 8.60. The van der Waals surface area contributed by atoms with Crippen molar-refractivity contribution in [3.05, 3.63) is 46.2 Å². The lowest BCUT2D eigenvalue weighted by atomic mass is 10.0. The van der Waals surface area contributed by atoms with Crippen LogP contribution in [0.4, 0.5) is 0 Å². The van der Waals surface area contributed by atoms with Crippen molar-refractivity contribution >= 4 is 27.3 Å². The van der Waals surface area contributed by atoms with Gasteiger partial charge >= 0.3 is 0 Å². The third kappa shape index (κ3) is 3.21. The van der Waals surface area contributed by atoms with Crippen molar-refractivity contribution in [2.24, 2.45) is 0 Å². The van der Waals surface area contributed by atoms with Gasteiger partial charge in [-0.3, -0.25) is 10.0 Å². The third-order valence-electron chi connectivity index (χ3n) is 4.31. The fourth-order valence-electron chi connectivity index (χ4n) is 2.99. The molecule has 1 aromatic carbocycles. The van der Waals surface area contributed by atoms with Crippen molar-refractivity contribution in [2.45, 2.75) is 23.5 Å². The molecule has 3 rings (SSSR count). The van der Waals surface area contributed by atoms with Gasteiger partial charge in [-0.2, -0.15) is 4.31 Å². The van der Waals surface area contributed by atoms with Crippen LogP contribution in [0.15, 0.2) is 40.6 Å². The van der Waals surface area contributed by atoms with Crippen molar-refractivity contribution < 1.29 is 28.3 Å². The number of aliphatic hydroxyl groups excluding tert-OH is 1. The Hall–Kier alpha value is -1.98. The van der Waals surface area contributed by atoms with Gasteiger partial charge in [-0.05, 0) is 47.7 Å². The number of amides is 1. The van der Waals surface area contributed by atoms with Crippen LogP contribution in [0.2, 0.25) is 0 Å². The molecule has 2 heterocycles. The summed E-state index contributed by atoms with van der Waals surface area (Å²) in [6.07, 6.45) is -1.03. The lowest BCUT2D eigenvalue weighted by Gasteiger charge is -2.30. The van der Waals surface area contributed by atoms with Gasteiger partial charge in [0.1, 0.15) is 17.9 Å². The van der Waals surface area contributed by atoms with Gasteiger partial charge in [-0.25, -0.2) is 13.9 Å². The zero-order valence-corrected chi connectivity index (χ0v) is 15.5. The average Bonchev–Trinajstić information content (AvgIpc) is 3.07. The summed E-state index contributed by atoms with van der Waals surface area (Å²) in [5.74, 6) is -0.500. The van der Waals surface area contributed by atoms with Crippen LogP contribution in [-0.2, 0) is 21.2 Å². The first-order valence-electron chi connectivity index (χ1n) is 7.74. The average molecular weight is 398 g/mol. The van der Waals surface area contributed by atoms with Gasteiger partial charge in [0.05, 0.1) is 12.0 Å². The van der Waals surface area contributed by atoms with Crippen LogP contribution < -0.4 is 10.2 Å². The number of hydroxylamine groups is 1. The Kier molecular flexibility index (Phi) is 5.30. The van der Waals surface area contributed by atoms with Crippen LogP contribution in [0.3, 0.4) is 0 Å². The molecule has 0 saturated heterocycles. The van der Waals surface area contributed by atoms with E-state index < -0.39 is 28.1 Å². The van der Waals surface area contributed by atoms with Gasteiger partial charge in [0.2, 0.25) is 10.0 Å². The largest absolute Gasteiger partial charge is 0.497 e. The highest BCUT2D eigenvalue weighted by Crippen LogP contribution is 2.35. The summed E-state index contributed by atoms with van der Waals surface area (Å²) < 4.78 is 32.2. The van der Waals surface area contributed by atoms with Crippen LogP contribution in [0, 0.1) is 0 Å². The van der Waals surface area contributed by atoms with Crippen LogP contribution in [-0.4, -0.2) is 48.6 Å². The molecule has 0 saturated carbocycles. The number of rotatable bonds is 4. The van der Waals surface area contributed by atoms with E-state index in [9.17, 15) is 18.3 Å². The molecule has 0 fully saturated rings. The zero-order chi connectivity index (χ0) is 18.9. The van der Waals surface area contributed by atoms with E-state index in [1.54, 1.807) is 11.4 Å². The number of hydrogen-bond donors (Lipinski definition) is 3.